The largest absolute Gasteiger partial charge is 0.493 e. The number of para-hydroxylation sites is 1. The Labute approximate surface area is 110 Å². The van der Waals surface area contributed by atoms with E-state index in [9.17, 15) is 5.11 Å². The number of benzene rings is 1. The van der Waals surface area contributed by atoms with Crippen LogP contribution in [0.15, 0.2) is 18.2 Å². The number of aromatic nitrogens is 4. The molecular formula is C12H16N4O3. The third-order valence-electron chi connectivity index (χ3n) is 2.72. The van der Waals surface area contributed by atoms with Crippen molar-refractivity contribution in [3.8, 4) is 11.5 Å². The summed E-state index contributed by atoms with van der Waals surface area (Å²) < 4.78 is 10.5. The summed E-state index contributed by atoms with van der Waals surface area (Å²) in [5.41, 5.74) is 0.634. The molecule has 7 heteroatoms. The van der Waals surface area contributed by atoms with Crippen LogP contribution in [0.5, 0.6) is 11.5 Å². The molecule has 0 aliphatic heterocycles. The topological polar surface area (TPSA) is 82.3 Å². The molecule has 0 saturated carbocycles. The number of rotatable bonds is 5. The van der Waals surface area contributed by atoms with Gasteiger partial charge in [0.25, 0.3) is 0 Å². The van der Waals surface area contributed by atoms with Crippen LogP contribution in [0.1, 0.15) is 17.5 Å². The fraction of sp³-hybridized carbons (Fsp3) is 0.417. The molecule has 0 spiro atoms. The molecule has 7 nitrogen and oxygen atoms in total. The molecule has 1 aromatic heterocycles. The van der Waals surface area contributed by atoms with Gasteiger partial charge in [-0.05, 0) is 11.3 Å². The molecular weight excluding hydrogens is 248 g/mol. The summed E-state index contributed by atoms with van der Waals surface area (Å²) in [5, 5.41) is 21.9. The molecule has 2 rings (SSSR count). The average molecular weight is 264 g/mol. The zero-order chi connectivity index (χ0) is 13.8. The van der Waals surface area contributed by atoms with Gasteiger partial charge in [-0.2, -0.15) is 4.80 Å². The first-order valence-corrected chi connectivity index (χ1v) is 5.77. The van der Waals surface area contributed by atoms with E-state index >= 15 is 0 Å². The molecule has 0 radical (unpaired) electrons. The van der Waals surface area contributed by atoms with Crippen molar-refractivity contribution < 1.29 is 14.6 Å². The molecule has 0 aliphatic rings. The molecule has 19 heavy (non-hydrogen) atoms. The molecule has 1 unspecified atom stereocenters. The van der Waals surface area contributed by atoms with Crippen LogP contribution in [0, 0.1) is 0 Å². The van der Waals surface area contributed by atoms with Crippen molar-refractivity contribution in [3.63, 3.8) is 0 Å². The summed E-state index contributed by atoms with van der Waals surface area (Å²) in [5.74, 6) is 1.56. The normalized spacial score (nSPS) is 12.2. The van der Waals surface area contributed by atoms with E-state index in [1.807, 2.05) is 0 Å². The van der Waals surface area contributed by atoms with Gasteiger partial charge in [-0.25, -0.2) is 0 Å². The van der Waals surface area contributed by atoms with Crippen molar-refractivity contribution >= 4 is 0 Å². The van der Waals surface area contributed by atoms with Crippen LogP contribution < -0.4 is 9.47 Å². The Morgan fingerprint density at radius 2 is 2.11 bits per heavy atom. The second-order valence-corrected chi connectivity index (χ2v) is 4.00. The van der Waals surface area contributed by atoms with Gasteiger partial charge in [-0.15, -0.1) is 10.2 Å². The van der Waals surface area contributed by atoms with Gasteiger partial charge >= 0.3 is 0 Å². The molecule has 1 aromatic carbocycles. The molecule has 0 aliphatic carbocycles. The van der Waals surface area contributed by atoms with Crippen LogP contribution in [-0.4, -0.2) is 39.5 Å². The van der Waals surface area contributed by atoms with E-state index in [0.717, 1.165) is 0 Å². The van der Waals surface area contributed by atoms with Gasteiger partial charge in [0.05, 0.1) is 27.4 Å². The Balaban J connectivity index is 2.25. The third-order valence-corrected chi connectivity index (χ3v) is 2.72. The van der Waals surface area contributed by atoms with E-state index in [0.29, 0.717) is 22.9 Å². The van der Waals surface area contributed by atoms with Crippen molar-refractivity contribution in [2.24, 2.45) is 7.05 Å². The van der Waals surface area contributed by atoms with Gasteiger partial charge in [0.1, 0.15) is 0 Å². The quantitative estimate of drug-likeness (QED) is 0.847. The van der Waals surface area contributed by atoms with E-state index in [-0.39, 0.29) is 6.42 Å². The van der Waals surface area contributed by atoms with Crippen molar-refractivity contribution in [1.29, 1.82) is 0 Å². The SMILES string of the molecule is COc1cccc(C(O)Cc2nnn(C)n2)c1OC. The first-order chi connectivity index (χ1) is 9.15. The number of aliphatic hydroxyl groups is 1. The minimum Gasteiger partial charge on any atom is -0.493 e. The zero-order valence-corrected chi connectivity index (χ0v) is 11.1. The predicted octanol–water partition coefficient (Wildman–Crippen LogP) is 0.503. The molecule has 0 amide bonds. The summed E-state index contributed by atoms with van der Waals surface area (Å²) in [4.78, 5) is 1.35. The lowest BCUT2D eigenvalue weighted by Gasteiger charge is -2.15. The fourth-order valence-corrected chi connectivity index (χ4v) is 1.86. The fourth-order valence-electron chi connectivity index (χ4n) is 1.86. The second-order valence-electron chi connectivity index (χ2n) is 4.00. The monoisotopic (exact) mass is 264 g/mol. The number of ether oxygens (including phenoxy) is 2. The van der Waals surface area contributed by atoms with E-state index in [4.69, 9.17) is 9.47 Å². The van der Waals surface area contributed by atoms with Gasteiger partial charge in [0.15, 0.2) is 17.3 Å². The van der Waals surface area contributed by atoms with Crippen molar-refractivity contribution in [3.05, 3.63) is 29.6 Å². The van der Waals surface area contributed by atoms with Gasteiger partial charge < -0.3 is 14.6 Å². The van der Waals surface area contributed by atoms with Gasteiger partial charge in [0.2, 0.25) is 0 Å². The smallest absolute Gasteiger partial charge is 0.177 e. The molecule has 0 saturated heterocycles. The number of methoxy groups -OCH3 is 2. The number of tetrazole rings is 1. The predicted molar refractivity (Wildman–Crippen MR) is 67.0 cm³/mol. The summed E-state index contributed by atoms with van der Waals surface area (Å²) in [6.45, 7) is 0. The van der Waals surface area contributed by atoms with E-state index < -0.39 is 6.10 Å². The molecule has 1 heterocycles. The maximum absolute atomic E-state index is 10.3. The number of hydrogen-bond donors (Lipinski definition) is 1. The second kappa shape index (κ2) is 5.66. The third kappa shape index (κ3) is 2.82. The lowest BCUT2D eigenvalue weighted by Crippen LogP contribution is -2.06. The molecule has 1 N–H and O–H groups in total. The highest BCUT2D eigenvalue weighted by atomic mass is 16.5. The number of aliphatic hydroxyl groups excluding tert-OH is 1. The van der Waals surface area contributed by atoms with Crippen LogP contribution in [-0.2, 0) is 13.5 Å². The number of hydrogen-bond acceptors (Lipinski definition) is 6. The summed E-state index contributed by atoms with van der Waals surface area (Å²) in [6.07, 6.45) is -0.522. The van der Waals surface area contributed by atoms with Gasteiger partial charge in [0, 0.05) is 12.0 Å². The van der Waals surface area contributed by atoms with Crippen molar-refractivity contribution in [2.75, 3.05) is 14.2 Å². The Bertz CT molecular complexity index is 556. The molecule has 0 fully saturated rings. The highest BCUT2D eigenvalue weighted by molar-refractivity contribution is 5.47. The maximum Gasteiger partial charge on any atom is 0.177 e. The average Bonchev–Trinajstić information content (AvgIpc) is 2.82. The molecule has 1 atom stereocenters. The summed E-state index contributed by atoms with van der Waals surface area (Å²) in [7, 11) is 4.77. The number of aryl methyl sites for hydroxylation is 1. The minimum atomic E-state index is -0.783. The lowest BCUT2D eigenvalue weighted by molar-refractivity contribution is 0.170. The van der Waals surface area contributed by atoms with Crippen molar-refractivity contribution in [1.82, 2.24) is 20.2 Å². The van der Waals surface area contributed by atoms with Gasteiger partial charge in [-0.1, -0.05) is 12.1 Å². The standard InChI is InChI=1S/C12H16N4O3/c1-16-14-11(13-15-16)7-9(17)8-5-4-6-10(18-2)12(8)19-3/h4-6,9,17H,7H2,1-3H3. The van der Waals surface area contributed by atoms with Crippen LogP contribution >= 0.6 is 0 Å². The Hall–Kier alpha value is -2.15. The highest BCUT2D eigenvalue weighted by Gasteiger charge is 2.19. The van der Waals surface area contributed by atoms with Crippen molar-refractivity contribution in [2.45, 2.75) is 12.5 Å². The molecule has 2 aromatic rings. The lowest BCUT2D eigenvalue weighted by atomic mass is 10.0. The van der Waals surface area contributed by atoms with E-state index in [1.165, 1.54) is 11.9 Å². The summed E-state index contributed by atoms with van der Waals surface area (Å²) in [6, 6.07) is 5.35. The van der Waals surface area contributed by atoms with E-state index in [2.05, 4.69) is 15.4 Å². The number of nitrogens with zero attached hydrogens (tertiary/aromatic N) is 4. The van der Waals surface area contributed by atoms with E-state index in [1.54, 1.807) is 32.4 Å². The minimum absolute atomic E-state index is 0.261. The maximum atomic E-state index is 10.3. The van der Waals surface area contributed by atoms with Crippen LogP contribution in [0.4, 0.5) is 0 Å². The Kier molecular flexibility index (Phi) is 3.96. The Morgan fingerprint density at radius 3 is 2.68 bits per heavy atom. The first kappa shape index (κ1) is 13.3. The van der Waals surface area contributed by atoms with Crippen LogP contribution in [0.25, 0.3) is 0 Å². The highest BCUT2D eigenvalue weighted by Crippen LogP contribution is 2.35. The van der Waals surface area contributed by atoms with Crippen LogP contribution in [0.2, 0.25) is 0 Å². The first-order valence-electron chi connectivity index (χ1n) is 5.77. The van der Waals surface area contributed by atoms with Gasteiger partial charge in [-0.3, -0.25) is 0 Å². The molecule has 102 valence electrons. The molecule has 0 bridgehead atoms. The van der Waals surface area contributed by atoms with Crippen LogP contribution in [0.3, 0.4) is 0 Å². The zero-order valence-electron chi connectivity index (χ0n) is 11.1. The summed E-state index contributed by atoms with van der Waals surface area (Å²) >= 11 is 0. The Morgan fingerprint density at radius 1 is 1.32 bits per heavy atom.